The predicted octanol–water partition coefficient (Wildman–Crippen LogP) is 2.85. The molecule has 0 spiro atoms. The Morgan fingerprint density at radius 2 is 1.75 bits per heavy atom. The molecule has 1 N–H and O–H groups in total. The second kappa shape index (κ2) is 7.77. The number of allylic oxidation sites excluding steroid dienone is 1. The fraction of sp³-hybridized carbons (Fsp3) is 0.421. The Morgan fingerprint density at radius 3 is 2.25 bits per heavy atom. The molecule has 5 nitrogen and oxygen atoms in total. The number of carbonyl (C=O) groups excluding carboxylic acids is 1. The number of Topliss-reactive ketones (excluding diaryl/α,β-unsaturated/α-hetero) is 1. The summed E-state index contributed by atoms with van der Waals surface area (Å²) < 4.78 is 5.10. The van der Waals surface area contributed by atoms with Gasteiger partial charge < -0.3 is 9.84 Å². The Hall–Kier alpha value is -2.63. The van der Waals surface area contributed by atoms with E-state index in [9.17, 15) is 20.4 Å². The highest BCUT2D eigenvalue weighted by molar-refractivity contribution is 5.79. The van der Waals surface area contributed by atoms with Gasteiger partial charge in [0.1, 0.15) is 11.5 Å². The number of aliphatic hydroxyl groups is 1. The number of nitriles is 2. The van der Waals surface area contributed by atoms with Crippen LogP contribution < -0.4 is 4.74 Å². The van der Waals surface area contributed by atoms with Crippen molar-refractivity contribution in [1.82, 2.24) is 0 Å². The minimum Gasteiger partial charge on any atom is -0.497 e. The standard InChI is InChI=1S/C19H20N2O3/c1-24-18-4-2-14(3-5-18)10-15(12-20)16(13-21)11-19(23)8-6-17(22)7-9-19/h2-5,23H,6-11H2,1H3. The Kier molecular flexibility index (Phi) is 5.73. The van der Waals surface area contributed by atoms with Gasteiger partial charge in [0.2, 0.25) is 0 Å². The first-order chi connectivity index (χ1) is 11.5. The number of hydrogen-bond acceptors (Lipinski definition) is 5. The summed E-state index contributed by atoms with van der Waals surface area (Å²) in [5, 5.41) is 29.5. The quantitative estimate of drug-likeness (QED) is 0.840. The number of carbonyl (C=O) groups is 1. The molecule has 124 valence electrons. The third-order valence-electron chi connectivity index (χ3n) is 4.42. The lowest BCUT2D eigenvalue weighted by Gasteiger charge is -2.31. The Balaban J connectivity index is 2.18. The number of ketones is 1. The number of ether oxygens (including phenoxy) is 1. The molecule has 0 saturated heterocycles. The van der Waals surface area contributed by atoms with Crippen LogP contribution in [0.25, 0.3) is 0 Å². The van der Waals surface area contributed by atoms with Crippen molar-refractivity contribution in [3.05, 3.63) is 41.0 Å². The SMILES string of the molecule is COc1ccc(CC(C#N)=C(C#N)CC2(O)CCC(=O)CC2)cc1. The second-order valence-electron chi connectivity index (χ2n) is 6.15. The van der Waals surface area contributed by atoms with Gasteiger partial charge in [-0.25, -0.2) is 0 Å². The highest BCUT2D eigenvalue weighted by Crippen LogP contribution is 2.33. The number of rotatable bonds is 5. The van der Waals surface area contributed by atoms with Gasteiger partial charge in [-0.1, -0.05) is 12.1 Å². The average Bonchev–Trinajstić information content (AvgIpc) is 2.61. The van der Waals surface area contributed by atoms with Crippen LogP contribution in [0.4, 0.5) is 0 Å². The van der Waals surface area contributed by atoms with E-state index in [2.05, 4.69) is 12.1 Å². The zero-order valence-corrected chi connectivity index (χ0v) is 13.7. The molecule has 0 unspecified atom stereocenters. The minimum atomic E-state index is -1.07. The van der Waals surface area contributed by atoms with Gasteiger partial charge in [-0.15, -0.1) is 0 Å². The fourth-order valence-electron chi connectivity index (χ4n) is 2.87. The largest absolute Gasteiger partial charge is 0.497 e. The molecule has 1 fully saturated rings. The maximum Gasteiger partial charge on any atom is 0.133 e. The van der Waals surface area contributed by atoms with Crippen molar-refractivity contribution in [1.29, 1.82) is 10.5 Å². The first-order valence-corrected chi connectivity index (χ1v) is 7.89. The van der Waals surface area contributed by atoms with Gasteiger partial charge in [0.05, 0.1) is 24.8 Å². The average molecular weight is 324 g/mol. The van der Waals surface area contributed by atoms with Gasteiger partial charge in [-0.05, 0) is 30.5 Å². The van der Waals surface area contributed by atoms with Crippen LogP contribution in [0, 0.1) is 22.7 Å². The highest BCUT2D eigenvalue weighted by atomic mass is 16.5. The molecule has 0 amide bonds. The van der Waals surface area contributed by atoms with Crippen molar-refractivity contribution >= 4 is 5.78 Å². The molecule has 1 aliphatic rings. The van der Waals surface area contributed by atoms with Crippen molar-refractivity contribution in [3.63, 3.8) is 0 Å². The maximum atomic E-state index is 11.3. The van der Waals surface area contributed by atoms with Gasteiger partial charge in [0.15, 0.2) is 0 Å². The van der Waals surface area contributed by atoms with E-state index in [-0.39, 0.29) is 12.2 Å². The Bertz CT molecular complexity index is 710. The summed E-state index contributed by atoms with van der Waals surface area (Å²) >= 11 is 0. The molecule has 24 heavy (non-hydrogen) atoms. The molecule has 1 saturated carbocycles. The van der Waals surface area contributed by atoms with E-state index in [1.54, 1.807) is 19.2 Å². The number of nitrogens with zero attached hydrogens (tertiary/aromatic N) is 2. The van der Waals surface area contributed by atoms with Crippen molar-refractivity contribution in [2.24, 2.45) is 0 Å². The third-order valence-corrected chi connectivity index (χ3v) is 4.42. The van der Waals surface area contributed by atoms with Crippen molar-refractivity contribution in [2.45, 2.75) is 44.1 Å². The summed E-state index contributed by atoms with van der Waals surface area (Å²) in [5.74, 6) is 0.865. The summed E-state index contributed by atoms with van der Waals surface area (Å²) in [5.41, 5.74) is 0.477. The first kappa shape index (κ1) is 17.7. The number of methoxy groups -OCH3 is 1. The topological polar surface area (TPSA) is 94.1 Å². The lowest BCUT2D eigenvalue weighted by atomic mass is 9.79. The fourth-order valence-corrected chi connectivity index (χ4v) is 2.87. The van der Waals surface area contributed by atoms with E-state index in [0.29, 0.717) is 43.3 Å². The van der Waals surface area contributed by atoms with E-state index >= 15 is 0 Å². The Labute approximate surface area is 141 Å². The van der Waals surface area contributed by atoms with Gasteiger partial charge in [0.25, 0.3) is 0 Å². The van der Waals surface area contributed by atoms with Crippen LogP contribution in [0.3, 0.4) is 0 Å². The van der Waals surface area contributed by atoms with Gasteiger partial charge in [-0.3, -0.25) is 4.79 Å². The first-order valence-electron chi connectivity index (χ1n) is 7.89. The van der Waals surface area contributed by atoms with E-state index in [1.807, 2.05) is 12.1 Å². The monoisotopic (exact) mass is 324 g/mol. The minimum absolute atomic E-state index is 0.121. The van der Waals surface area contributed by atoms with Gasteiger partial charge >= 0.3 is 0 Å². The van der Waals surface area contributed by atoms with Crippen molar-refractivity contribution in [3.8, 4) is 17.9 Å². The summed E-state index contributed by atoms with van der Waals surface area (Å²) in [6.07, 6.45) is 1.80. The molecule has 0 heterocycles. The molecule has 0 aliphatic heterocycles. The summed E-state index contributed by atoms with van der Waals surface area (Å²) in [4.78, 5) is 11.3. The normalized spacial score (nSPS) is 17.4. The molecule has 2 rings (SSSR count). The Morgan fingerprint density at radius 1 is 1.17 bits per heavy atom. The zero-order valence-electron chi connectivity index (χ0n) is 13.7. The smallest absolute Gasteiger partial charge is 0.133 e. The lowest BCUT2D eigenvalue weighted by Crippen LogP contribution is -2.34. The van der Waals surface area contributed by atoms with Crippen LogP contribution in [0.15, 0.2) is 35.4 Å². The number of hydrogen-bond donors (Lipinski definition) is 1. The molecule has 1 aliphatic carbocycles. The van der Waals surface area contributed by atoms with Crippen molar-refractivity contribution in [2.75, 3.05) is 7.11 Å². The zero-order chi connectivity index (χ0) is 17.6. The van der Waals surface area contributed by atoms with Gasteiger partial charge in [-0.2, -0.15) is 10.5 Å². The maximum absolute atomic E-state index is 11.3. The summed E-state index contributed by atoms with van der Waals surface area (Å²) in [6, 6.07) is 11.5. The molecule has 0 aromatic heterocycles. The molecule has 0 radical (unpaired) electrons. The molecular formula is C19H20N2O3. The summed E-state index contributed by atoms with van der Waals surface area (Å²) in [7, 11) is 1.58. The highest BCUT2D eigenvalue weighted by Gasteiger charge is 2.34. The lowest BCUT2D eigenvalue weighted by molar-refractivity contribution is -0.125. The van der Waals surface area contributed by atoms with E-state index < -0.39 is 5.60 Å². The summed E-state index contributed by atoms with van der Waals surface area (Å²) in [6.45, 7) is 0. The molecule has 0 bridgehead atoms. The van der Waals surface area contributed by atoms with E-state index in [1.165, 1.54) is 0 Å². The predicted molar refractivity (Wildman–Crippen MR) is 88.0 cm³/mol. The van der Waals surface area contributed by atoms with Crippen LogP contribution in [-0.4, -0.2) is 23.6 Å². The third kappa shape index (κ3) is 4.44. The van der Waals surface area contributed by atoms with E-state index in [0.717, 1.165) is 11.3 Å². The molecule has 0 atom stereocenters. The molecule has 5 heteroatoms. The molecular weight excluding hydrogens is 304 g/mol. The van der Waals surface area contributed by atoms with Crippen LogP contribution in [0.1, 0.15) is 37.7 Å². The van der Waals surface area contributed by atoms with Crippen LogP contribution in [-0.2, 0) is 11.2 Å². The van der Waals surface area contributed by atoms with Gasteiger partial charge in [0, 0.05) is 36.8 Å². The second-order valence-corrected chi connectivity index (χ2v) is 6.15. The van der Waals surface area contributed by atoms with Crippen molar-refractivity contribution < 1.29 is 14.6 Å². The number of benzene rings is 1. The van der Waals surface area contributed by atoms with Crippen LogP contribution in [0.5, 0.6) is 5.75 Å². The van der Waals surface area contributed by atoms with Crippen LogP contribution >= 0.6 is 0 Å². The van der Waals surface area contributed by atoms with E-state index in [4.69, 9.17) is 4.74 Å². The molecule has 1 aromatic rings. The van der Waals surface area contributed by atoms with Crippen LogP contribution in [0.2, 0.25) is 0 Å². The molecule has 1 aromatic carbocycles.